The smallest absolute Gasteiger partial charge is 0.306 e. The Labute approximate surface area is 319 Å². The highest BCUT2D eigenvalue weighted by Gasteiger charge is 2.17. The molecule has 0 saturated heterocycles. The number of unbranched alkanes of at least 4 members (excludes halogenated alkanes) is 6. The maximum atomic E-state index is 12.5. The summed E-state index contributed by atoms with van der Waals surface area (Å²) in [5.41, 5.74) is 0. The summed E-state index contributed by atoms with van der Waals surface area (Å²) in [7, 11) is 0. The van der Waals surface area contributed by atoms with E-state index in [9.17, 15) is 9.59 Å². The maximum Gasteiger partial charge on any atom is 0.306 e. The molecule has 0 aliphatic heterocycles. The van der Waals surface area contributed by atoms with E-state index in [1.165, 1.54) is 12.8 Å². The molecule has 0 bridgehead atoms. The molecule has 0 radical (unpaired) electrons. The number of carbonyl (C=O) groups excluding carboxylic acids is 2. The molecule has 0 heterocycles. The molecule has 0 saturated carbocycles. The van der Waals surface area contributed by atoms with Crippen molar-refractivity contribution >= 4 is 11.9 Å². The second-order valence-electron chi connectivity index (χ2n) is 12.8. The van der Waals surface area contributed by atoms with Crippen LogP contribution in [0.5, 0.6) is 0 Å². The molecule has 0 rings (SSSR count). The first kappa shape index (κ1) is 48.6. The second-order valence-corrected chi connectivity index (χ2v) is 12.8. The Balaban J connectivity index is 4.31. The van der Waals surface area contributed by atoms with Gasteiger partial charge in [0.1, 0.15) is 6.61 Å². The van der Waals surface area contributed by atoms with Crippen LogP contribution in [-0.2, 0) is 23.8 Å². The number of esters is 2. The van der Waals surface area contributed by atoms with Crippen molar-refractivity contribution in [2.45, 2.75) is 155 Å². The van der Waals surface area contributed by atoms with Crippen molar-refractivity contribution in [2.75, 3.05) is 19.8 Å². The van der Waals surface area contributed by atoms with Crippen LogP contribution in [0, 0.1) is 0 Å². The van der Waals surface area contributed by atoms with Crippen molar-refractivity contribution in [1.82, 2.24) is 0 Å². The first-order valence-electron chi connectivity index (χ1n) is 20.4. The summed E-state index contributed by atoms with van der Waals surface area (Å²) in [6.45, 7) is 7.28. The van der Waals surface area contributed by atoms with Crippen LogP contribution in [0.15, 0.2) is 109 Å². The van der Waals surface area contributed by atoms with Gasteiger partial charge in [0.25, 0.3) is 0 Å². The van der Waals surface area contributed by atoms with Gasteiger partial charge in [0, 0.05) is 19.4 Å². The third-order valence-electron chi connectivity index (χ3n) is 7.80. The summed E-state index contributed by atoms with van der Waals surface area (Å²) >= 11 is 0. The lowest BCUT2D eigenvalue weighted by molar-refractivity contribution is -0.162. The fourth-order valence-electron chi connectivity index (χ4n) is 4.84. The van der Waals surface area contributed by atoms with Crippen molar-refractivity contribution in [1.29, 1.82) is 0 Å². The number of hydrogen-bond acceptors (Lipinski definition) is 5. The highest BCUT2D eigenvalue weighted by molar-refractivity contribution is 5.70. The molecule has 5 nitrogen and oxygen atoms in total. The van der Waals surface area contributed by atoms with Gasteiger partial charge in [-0.2, -0.15) is 0 Å². The van der Waals surface area contributed by atoms with E-state index >= 15 is 0 Å². The van der Waals surface area contributed by atoms with Crippen molar-refractivity contribution in [3.05, 3.63) is 109 Å². The minimum Gasteiger partial charge on any atom is -0.462 e. The molecule has 5 heteroatoms. The molecule has 0 aromatic rings. The molecule has 1 unspecified atom stereocenters. The molecule has 1 atom stereocenters. The van der Waals surface area contributed by atoms with E-state index < -0.39 is 6.10 Å². The van der Waals surface area contributed by atoms with E-state index in [4.69, 9.17) is 14.2 Å². The van der Waals surface area contributed by atoms with E-state index in [1.54, 1.807) is 0 Å². The van der Waals surface area contributed by atoms with Crippen molar-refractivity contribution in [3.63, 3.8) is 0 Å². The Kier molecular flexibility index (Phi) is 39.2. The molecule has 0 aromatic heterocycles. The molecule has 0 aromatic carbocycles. The van der Waals surface area contributed by atoms with E-state index in [-0.39, 0.29) is 25.2 Å². The Bertz CT molecular complexity index is 1090. The van der Waals surface area contributed by atoms with Gasteiger partial charge >= 0.3 is 11.9 Å². The lowest BCUT2D eigenvalue weighted by Crippen LogP contribution is -2.30. The van der Waals surface area contributed by atoms with E-state index in [2.05, 4.69) is 130 Å². The fourth-order valence-corrected chi connectivity index (χ4v) is 4.84. The molecular weight excluding hydrogens is 645 g/mol. The molecular formula is C47H74O5. The van der Waals surface area contributed by atoms with Crippen molar-refractivity contribution in [2.24, 2.45) is 0 Å². The van der Waals surface area contributed by atoms with E-state index in [0.717, 1.165) is 103 Å². The predicted molar refractivity (Wildman–Crippen MR) is 223 cm³/mol. The molecule has 0 spiro atoms. The maximum absolute atomic E-state index is 12.5. The minimum absolute atomic E-state index is 0.0267. The van der Waals surface area contributed by atoms with Gasteiger partial charge in [-0.15, -0.1) is 0 Å². The fraction of sp³-hybridized carbons (Fsp3) is 0.574. The van der Waals surface area contributed by atoms with E-state index in [1.807, 2.05) is 0 Å². The largest absolute Gasteiger partial charge is 0.462 e. The number of allylic oxidation sites excluding steroid dienone is 18. The quantitative estimate of drug-likeness (QED) is 0.0371. The Morgan fingerprint density at radius 2 is 0.865 bits per heavy atom. The zero-order valence-electron chi connectivity index (χ0n) is 33.3. The lowest BCUT2D eigenvalue weighted by atomic mass is 10.1. The van der Waals surface area contributed by atoms with Crippen LogP contribution in [0.3, 0.4) is 0 Å². The highest BCUT2D eigenvalue weighted by Crippen LogP contribution is 2.09. The molecule has 0 aliphatic carbocycles. The second kappa shape index (κ2) is 42.0. The highest BCUT2D eigenvalue weighted by atomic mass is 16.6. The average Bonchev–Trinajstić information content (AvgIpc) is 3.14. The summed E-state index contributed by atoms with van der Waals surface area (Å²) in [6.07, 6.45) is 57.0. The normalized spacial score (nSPS) is 13.4. The van der Waals surface area contributed by atoms with Gasteiger partial charge in [-0.1, -0.05) is 156 Å². The summed E-state index contributed by atoms with van der Waals surface area (Å²) in [6, 6.07) is 0. The third-order valence-corrected chi connectivity index (χ3v) is 7.80. The number of rotatable bonds is 35. The van der Waals surface area contributed by atoms with Crippen LogP contribution in [0.4, 0.5) is 0 Å². The van der Waals surface area contributed by atoms with Gasteiger partial charge in [0.05, 0.1) is 6.61 Å². The van der Waals surface area contributed by atoms with Crippen molar-refractivity contribution < 1.29 is 23.8 Å². The average molecular weight is 719 g/mol. The zero-order chi connectivity index (χ0) is 37.8. The number of ether oxygens (including phenoxy) is 3. The van der Waals surface area contributed by atoms with E-state index in [0.29, 0.717) is 19.4 Å². The molecule has 0 fully saturated rings. The van der Waals surface area contributed by atoms with Crippen LogP contribution in [0.1, 0.15) is 149 Å². The van der Waals surface area contributed by atoms with Gasteiger partial charge < -0.3 is 14.2 Å². The SMILES string of the molecule is CC/C=C\C/C=C\C/C=C\C/C=C\C/C=C\CCCC(=O)OCC(COCCC/C=C\C/C=C\C/C=C\C/C=C\CC)OC(=O)CCCCCCC. The van der Waals surface area contributed by atoms with Gasteiger partial charge in [-0.3, -0.25) is 9.59 Å². The Morgan fingerprint density at radius 3 is 1.35 bits per heavy atom. The summed E-state index contributed by atoms with van der Waals surface area (Å²) in [5.74, 6) is -0.522. The molecule has 0 N–H and O–H groups in total. The van der Waals surface area contributed by atoms with Gasteiger partial charge in [0.2, 0.25) is 0 Å². The molecule has 0 aliphatic rings. The van der Waals surface area contributed by atoms with Crippen LogP contribution in [0.2, 0.25) is 0 Å². The minimum atomic E-state index is -0.588. The third kappa shape index (κ3) is 39.3. The predicted octanol–water partition coefficient (Wildman–Crippen LogP) is 13.3. The molecule has 292 valence electrons. The van der Waals surface area contributed by atoms with Crippen LogP contribution in [-0.4, -0.2) is 37.9 Å². The van der Waals surface area contributed by atoms with Crippen LogP contribution < -0.4 is 0 Å². The van der Waals surface area contributed by atoms with Gasteiger partial charge in [-0.25, -0.2) is 0 Å². The Hall–Kier alpha value is -3.44. The standard InChI is InChI=1S/C47H74O5/c1-4-7-10-13-15-17-19-21-23-24-25-26-28-30-32-35-37-40-46(48)51-44-45(52-47(49)41-38-34-12-9-6-3)43-50-42-39-36-33-31-29-27-22-20-18-16-14-11-8-5-2/h7-8,10-11,15-18,21-23,25-27,30-33,45H,4-6,9,12-14,19-20,24,28-29,34-44H2,1-3H3/b10-7-,11-8-,17-15-,18-16-,23-21-,26-25-,27-22-,32-30-,33-31-. The summed E-state index contributed by atoms with van der Waals surface area (Å²) in [5, 5.41) is 0. The zero-order valence-corrected chi connectivity index (χ0v) is 33.3. The van der Waals surface area contributed by atoms with Crippen LogP contribution in [0.25, 0.3) is 0 Å². The number of hydrogen-bond donors (Lipinski definition) is 0. The summed E-state index contributed by atoms with van der Waals surface area (Å²) in [4.78, 5) is 24.9. The number of carbonyl (C=O) groups is 2. The van der Waals surface area contributed by atoms with Gasteiger partial charge in [0.15, 0.2) is 6.10 Å². The van der Waals surface area contributed by atoms with Crippen molar-refractivity contribution in [3.8, 4) is 0 Å². The van der Waals surface area contributed by atoms with Crippen LogP contribution >= 0.6 is 0 Å². The van der Waals surface area contributed by atoms with Gasteiger partial charge in [-0.05, 0) is 89.9 Å². The summed E-state index contributed by atoms with van der Waals surface area (Å²) < 4.78 is 17.0. The molecule has 0 amide bonds. The molecule has 52 heavy (non-hydrogen) atoms. The first-order valence-corrected chi connectivity index (χ1v) is 20.4. The first-order chi connectivity index (χ1) is 25.6. The Morgan fingerprint density at radius 1 is 0.442 bits per heavy atom. The monoisotopic (exact) mass is 719 g/mol. The lowest BCUT2D eigenvalue weighted by Gasteiger charge is -2.18. The topological polar surface area (TPSA) is 61.8 Å².